The van der Waals surface area contributed by atoms with Crippen LogP contribution in [0.4, 0.5) is 0 Å². The quantitative estimate of drug-likeness (QED) is 0.0244. The number of carbonyl (C=O) groups is 1. The van der Waals surface area contributed by atoms with Crippen molar-refractivity contribution in [3.63, 3.8) is 0 Å². The van der Waals surface area contributed by atoms with E-state index in [0.29, 0.717) is 17.4 Å². The van der Waals surface area contributed by atoms with Crippen LogP contribution in [-0.2, 0) is 18.4 Å². The van der Waals surface area contributed by atoms with Gasteiger partial charge in [-0.15, -0.1) is 0 Å². The van der Waals surface area contributed by atoms with Crippen LogP contribution in [0.5, 0.6) is 0 Å². The molecular weight excluding hydrogens is 756 g/mol. The molecule has 0 radical (unpaired) electrons. The second-order valence-electron chi connectivity index (χ2n) is 18.2. The third-order valence-corrected chi connectivity index (χ3v) is 12.1. The molecule has 8 nitrogen and oxygen atoms in total. The number of amides is 1. The van der Waals surface area contributed by atoms with Gasteiger partial charge >= 0.3 is 7.82 Å². The third-order valence-electron chi connectivity index (χ3n) is 11.1. The van der Waals surface area contributed by atoms with Gasteiger partial charge in [0.05, 0.1) is 39.9 Å². The molecular formula is C50H98N2O6P+. The van der Waals surface area contributed by atoms with Crippen molar-refractivity contribution in [3.8, 4) is 0 Å². The molecule has 0 aromatic heterocycles. The summed E-state index contributed by atoms with van der Waals surface area (Å²) in [5, 5.41) is 13.8. The van der Waals surface area contributed by atoms with E-state index >= 15 is 0 Å². The lowest BCUT2D eigenvalue weighted by molar-refractivity contribution is -0.870. The number of hydrogen-bond acceptors (Lipinski definition) is 5. The van der Waals surface area contributed by atoms with Crippen LogP contribution >= 0.6 is 7.82 Å². The maximum Gasteiger partial charge on any atom is 0.472 e. The Morgan fingerprint density at radius 3 is 1.36 bits per heavy atom. The number of rotatable bonds is 45. The Balaban J connectivity index is 4.41. The highest BCUT2D eigenvalue weighted by atomic mass is 31.2. The molecule has 9 heteroatoms. The average molecular weight is 854 g/mol. The van der Waals surface area contributed by atoms with E-state index < -0.39 is 20.0 Å². The second kappa shape index (κ2) is 42.0. The summed E-state index contributed by atoms with van der Waals surface area (Å²) in [6.07, 6.45) is 52.2. The molecule has 0 aromatic rings. The maximum atomic E-state index is 12.9. The molecule has 0 bridgehead atoms. The Hall–Kier alpha value is -1.28. The summed E-state index contributed by atoms with van der Waals surface area (Å²) in [5.41, 5.74) is 0. The molecule has 0 fully saturated rings. The molecule has 0 aliphatic rings. The van der Waals surface area contributed by atoms with Gasteiger partial charge < -0.3 is 19.8 Å². The number of allylic oxidation sites excluding steroid dienone is 5. The summed E-state index contributed by atoms with van der Waals surface area (Å²) >= 11 is 0. The highest BCUT2D eigenvalue weighted by Gasteiger charge is 2.27. The number of aliphatic hydroxyl groups is 1. The first-order valence-corrected chi connectivity index (χ1v) is 26.4. The topological polar surface area (TPSA) is 105 Å². The molecule has 348 valence electrons. The van der Waals surface area contributed by atoms with Crippen LogP contribution in [0.2, 0.25) is 0 Å². The van der Waals surface area contributed by atoms with Crippen LogP contribution in [0.15, 0.2) is 36.5 Å². The molecule has 0 saturated carbocycles. The molecule has 0 saturated heterocycles. The fourth-order valence-electron chi connectivity index (χ4n) is 7.13. The SMILES string of the molecule is CCCCCCCCCCCC/C=C/CC/C=C/CC/C=C/C(O)C(COP(=O)(O)OCC[N+](C)(C)C)NC(=O)CCCCCCCCCCCCCCCCCCC. The molecule has 3 atom stereocenters. The standard InChI is InChI=1S/C50H97N2O6P/c1-6-8-10-12-14-16-18-20-22-24-25-26-28-29-31-33-35-37-39-41-43-49(53)48(47-58-59(55,56)57-46-45-52(3,4)5)51-50(54)44-42-40-38-36-34-32-30-27-23-21-19-17-15-13-11-9-7-2/h26,28,33,35,41,43,48-49,53H,6-25,27,29-32,34,36-40,42,44-47H2,1-5H3,(H-,51,54,55,56)/p+1/b28-26+,35-33+,43-41+. The van der Waals surface area contributed by atoms with Gasteiger partial charge in [0, 0.05) is 6.42 Å². The smallest absolute Gasteiger partial charge is 0.387 e. The van der Waals surface area contributed by atoms with Crippen LogP contribution < -0.4 is 5.32 Å². The first-order chi connectivity index (χ1) is 28.5. The normalized spacial score (nSPS) is 14.5. The number of hydrogen-bond donors (Lipinski definition) is 3. The van der Waals surface area contributed by atoms with E-state index in [9.17, 15) is 19.4 Å². The van der Waals surface area contributed by atoms with Gasteiger partial charge in [-0.2, -0.15) is 0 Å². The lowest BCUT2D eigenvalue weighted by Gasteiger charge is -2.25. The Morgan fingerprint density at radius 2 is 0.932 bits per heavy atom. The lowest BCUT2D eigenvalue weighted by Crippen LogP contribution is -2.45. The van der Waals surface area contributed by atoms with Crippen molar-refractivity contribution >= 4 is 13.7 Å². The minimum absolute atomic E-state index is 0.0548. The largest absolute Gasteiger partial charge is 0.472 e. The number of carbonyl (C=O) groups excluding carboxylic acids is 1. The Labute approximate surface area is 366 Å². The van der Waals surface area contributed by atoms with E-state index in [1.165, 1.54) is 161 Å². The van der Waals surface area contributed by atoms with Crippen molar-refractivity contribution in [1.29, 1.82) is 0 Å². The molecule has 1 amide bonds. The van der Waals surface area contributed by atoms with Crippen molar-refractivity contribution in [2.24, 2.45) is 0 Å². The average Bonchev–Trinajstić information content (AvgIpc) is 3.19. The van der Waals surface area contributed by atoms with Crippen molar-refractivity contribution in [2.45, 2.75) is 238 Å². The highest BCUT2D eigenvalue weighted by Crippen LogP contribution is 2.43. The van der Waals surface area contributed by atoms with Crippen LogP contribution in [0.1, 0.15) is 226 Å². The summed E-state index contributed by atoms with van der Waals surface area (Å²) < 4.78 is 23.6. The zero-order valence-corrected chi connectivity index (χ0v) is 40.4. The predicted octanol–water partition coefficient (Wildman–Crippen LogP) is 14.3. The van der Waals surface area contributed by atoms with Gasteiger partial charge in [-0.3, -0.25) is 13.8 Å². The number of quaternary nitrogens is 1. The Bertz CT molecular complexity index is 1060. The minimum atomic E-state index is -4.35. The first kappa shape index (κ1) is 57.7. The van der Waals surface area contributed by atoms with Gasteiger partial charge in [0.1, 0.15) is 13.2 Å². The number of phosphoric acid groups is 1. The molecule has 0 aromatic carbocycles. The van der Waals surface area contributed by atoms with E-state index in [1.54, 1.807) is 6.08 Å². The Morgan fingerprint density at radius 1 is 0.559 bits per heavy atom. The molecule has 3 unspecified atom stereocenters. The summed E-state index contributed by atoms with van der Waals surface area (Å²) in [7, 11) is 1.55. The fraction of sp³-hybridized carbons (Fsp3) is 0.860. The first-order valence-electron chi connectivity index (χ1n) is 24.9. The van der Waals surface area contributed by atoms with Crippen molar-refractivity contribution in [3.05, 3.63) is 36.5 Å². The summed E-state index contributed by atoms with van der Waals surface area (Å²) in [4.78, 5) is 23.2. The zero-order chi connectivity index (χ0) is 43.6. The van der Waals surface area contributed by atoms with Gasteiger partial charge in [0.25, 0.3) is 0 Å². The lowest BCUT2D eigenvalue weighted by atomic mass is 10.0. The number of nitrogens with one attached hydrogen (secondary N) is 1. The zero-order valence-electron chi connectivity index (χ0n) is 39.5. The van der Waals surface area contributed by atoms with Gasteiger partial charge in [-0.1, -0.05) is 211 Å². The predicted molar refractivity (Wildman–Crippen MR) is 254 cm³/mol. The molecule has 0 aliphatic heterocycles. The van der Waals surface area contributed by atoms with Gasteiger partial charge in [-0.05, 0) is 44.9 Å². The van der Waals surface area contributed by atoms with E-state index in [1.807, 2.05) is 27.2 Å². The van der Waals surface area contributed by atoms with Gasteiger partial charge in [0.2, 0.25) is 5.91 Å². The number of phosphoric ester groups is 1. The molecule has 0 rings (SSSR count). The highest BCUT2D eigenvalue weighted by molar-refractivity contribution is 7.47. The van der Waals surface area contributed by atoms with E-state index in [2.05, 4.69) is 43.5 Å². The maximum absolute atomic E-state index is 12.9. The monoisotopic (exact) mass is 854 g/mol. The summed E-state index contributed by atoms with van der Waals surface area (Å²) in [5.74, 6) is -0.189. The van der Waals surface area contributed by atoms with Crippen LogP contribution in [0.3, 0.4) is 0 Å². The Kier molecular flexibility index (Phi) is 41.1. The van der Waals surface area contributed by atoms with E-state index in [0.717, 1.165) is 44.9 Å². The van der Waals surface area contributed by atoms with Gasteiger partial charge in [-0.25, -0.2) is 4.57 Å². The summed E-state index contributed by atoms with van der Waals surface area (Å²) in [6, 6.07) is -0.866. The molecule has 0 aliphatic carbocycles. The molecule has 59 heavy (non-hydrogen) atoms. The molecule has 0 heterocycles. The van der Waals surface area contributed by atoms with Crippen molar-refractivity contribution < 1.29 is 32.9 Å². The van der Waals surface area contributed by atoms with Crippen molar-refractivity contribution in [1.82, 2.24) is 5.32 Å². The summed E-state index contributed by atoms with van der Waals surface area (Å²) in [6.45, 7) is 4.80. The van der Waals surface area contributed by atoms with Crippen LogP contribution in [-0.4, -0.2) is 73.4 Å². The van der Waals surface area contributed by atoms with Gasteiger partial charge in [0.15, 0.2) is 0 Å². The number of unbranched alkanes of at least 4 members (excludes halogenated alkanes) is 28. The van der Waals surface area contributed by atoms with E-state index in [-0.39, 0.29) is 19.1 Å². The number of likely N-dealkylation sites (N-methyl/N-ethyl adjacent to an activating group) is 1. The number of nitrogens with zero attached hydrogens (tertiary/aromatic N) is 1. The third kappa shape index (κ3) is 44.6. The molecule has 3 N–H and O–H groups in total. The van der Waals surface area contributed by atoms with E-state index in [4.69, 9.17) is 9.05 Å². The van der Waals surface area contributed by atoms with Crippen LogP contribution in [0.25, 0.3) is 0 Å². The number of aliphatic hydroxyl groups excluding tert-OH is 1. The van der Waals surface area contributed by atoms with Crippen molar-refractivity contribution in [2.75, 3.05) is 40.9 Å². The molecule has 0 spiro atoms. The van der Waals surface area contributed by atoms with Crippen LogP contribution in [0, 0.1) is 0 Å². The minimum Gasteiger partial charge on any atom is -0.387 e. The second-order valence-corrected chi connectivity index (χ2v) is 19.6. The fourth-order valence-corrected chi connectivity index (χ4v) is 7.87.